The van der Waals surface area contributed by atoms with Gasteiger partial charge in [-0.15, -0.1) is 11.3 Å². The van der Waals surface area contributed by atoms with Crippen molar-refractivity contribution in [3.05, 3.63) is 33.2 Å². The molecule has 0 amide bonds. The lowest BCUT2D eigenvalue weighted by Gasteiger charge is -2.57. The fraction of sp³-hybridized carbons (Fsp3) is 0.591. The van der Waals surface area contributed by atoms with Gasteiger partial charge < -0.3 is 14.8 Å². The maximum atomic E-state index is 6.01. The molecule has 2 aromatic rings. The SMILES string of the molecule is COc1cc(NCc2cnc(Cl)s2)c(C23CC4CC(CC(C4)C2)C3)cc1OC. The number of anilines is 1. The van der Waals surface area contributed by atoms with Gasteiger partial charge in [-0.25, -0.2) is 4.98 Å². The number of hydrogen-bond donors (Lipinski definition) is 1. The molecule has 28 heavy (non-hydrogen) atoms. The van der Waals surface area contributed by atoms with Crippen molar-refractivity contribution in [3.8, 4) is 11.5 Å². The number of aromatic nitrogens is 1. The molecule has 4 bridgehead atoms. The second-order valence-corrected chi connectivity index (χ2v) is 10.6. The standard InChI is InChI=1S/C22H27ClN2O2S/c1-26-19-6-17(22-8-13-3-14(9-22)5-15(4-13)10-22)18(7-20(19)27-2)24-11-16-12-25-21(23)28-16/h6-7,12-15,24H,3-5,8-11H2,1-2H3. The van der Waals surface area contributed by atoms with Gasteiger partial charge in [0.05, 0.1) is 20.8 Å². The van der Waals surface area contributed by atoms with E-state index in [2.05, 4.69) is 22.4 Å². The Kier molecular flexibility index (Phi) is 4.71. The van der Waals surface area contributed by atoms with E-state index in [0.717, 1.165) is 40.7 Å². The molecule has 150 valence electrons. The van der Waals surface area contributed by atoms with Gasteiger partial charge in [0.25, 0.3) is 0 Å². The summed E-state index contributed by atoms with van der Waals surface area (Å²) in [6.45, 7) is 0.721. The lowest BCUT2D eigenvalue weighted by Crippen LogP contribution is -2.48. The van der Waals surface area contributed by atoms with Gasteiger partial charge in [0.2, 0.25) is 0 Å². The second-order valence-electron chi connectivity index (χ2n) is 8.88. The first kappa shape index (κ1) is 18.6. The molecule has 0 atom stereocenters. The predicted molar refractivity (Wildman–Crippen MR) is 114 cm³/mol. The Hall–Kier alpha value is -1.46. The molecule has 0 unspecified atom stereocenters. The molecular formula is C22H27ClN2O2S. The summed E-state index contributed by atoms with van der Waals surface area (Å²) in [5.41, 5.74) is 2.87. The average Bonchev–Trinajstić information content (AvgIpc) is 3.09. The highest BCUT2D eigenvalue weighted by atomic mass is 35.5. The summed E-state index contributed by atoms with van der Waals surface area (Å²) in [6, 6.07) is 4.36. The molecule has 6 rings (SSSR count). The fourth-order valence-electron chi connectivity index (χ4n) is 6.45. The third-order valence-corrected chi connectivity index (χ3v) is 8.23. The molecule has 0 aliphatic heterocycles. The molecule has 1 N–H and O–H groups in total. The van der Waals surface area contributed by atoms with E-state index in [0.29, 0.717) is 4.47 Å². The second kappa shape index (κ2) is 7.10. The molecule has 6 heteroatoms. The van der Waals surface area contributed by atoms with Crippen molar-refractivity contribution in [2.24, 2.45) is 17.8 Å². The topological polar surface area (TPSA) is 43.4 Å². The number of ether oxygens (including phenoxy) is 2. The maximum Gasteiger partial charge on any atom is 0.183 e. The Bertz CT molecular complexity index is 846. The molecule has 4 nitrogen and oxygen atoms in total. The van der Waals surface area contributed by atoms with Gasteiger partial charge in [0.15, 0.2) is 16.0 Å². The summed E-state index contributed by atoms with van der Waals surface area (Å²) in [7, 11) is 3.43. The number of hydrogen-bond acceptors (Lipinski definition) is 5. The van der Waals surface area contributed by atoms with Gasteiger partial charge in [-0.3, -0.25) is 0 Å². The minimum Gasteiger partial charge on any atom is -0.493 e. The molecule has 4 aliphatic carbocycles. The highest BCUT2D eigenvalue weighted by Crippen LogP contribution is 2.62. The minimum atomic E-state index is 0.280. The van der Waals surface area contributed by atoms with Crippen LogP contribution in [-0.2, 0) is 12.0 Å². The predicted octanol–water partition coefficient (Wildman–Crippen LogP) is 5.89. The van der Waals surface area contributed by atoms with Crippen LogP contribution in [0.5, 0.6) is 11.5 Å². The van der Waals surface area contributed by atoms with Crippen LogP contribution in [0.25, 0.3) is 0 Å². The summed E-state index contributed by atoms with van der Waals surface area (Å²) in [6.07, 6.45) is 10.1. The summed E-state index contributed by atoms with van der Waals surface area (Å²) >= 11 is 7.54. The van der Waals surface area contributed by atoms with Gasteiger partial charge in [0.1, 0.15) is 0 Å². The van der Waals surface area contributed by atoms with Crippen LogP contribution >= 0.6 is 22.9 Å². The molecular weight excluding hydrogens is 392 g/mol. The normalized spacial score (nSPS) is 30.5. The van der Waals surface area contributed by atoms with Crippen molar-refractivity contribution in [3.63, 3.8) is 0 Å². The Morgan fingerprint density at radius 2 is 1.68 bits per heavy atom. The Labute approximate surface area is 175 Å². The van der Waals surface area contributed by atoms with Crippen molar-refractivity contribution in [2.45, 2.75) is 50.5 Å². The Morgan fingerprint density at radius 1 is 1.07 bits per heavy atom. The molecule has 1 aromatic carbocycles. The zero-order chi connectivity index (χ0) is 19.3. The maximum absolute atomic E-state index is 6.01. The molecule has 0 radical (unpaired) electrons. The van der Waals surface area contributed by atoms with E-state index < -0.39 is 0 Å². The van der Waals surface area contributed by atoms with Crippen LogP contribution in [0.1, 0.15) is 49.0 Å². The summed E-state index contributed by atoms with van der Waals surface area (Å²) in [4.78, 5) is 5.30. The molecule has 4 aliphatic rings. The van der Waals surface area contributed by atoms with Crippen LogP contribution in [0.15, 0.2) is 18.3 Å². The summed E-state index contributed by atoms with van der Waals surface area (Å²) in [5.74, 6) is 4.30. The van der Waals surface area contributed by atoms with E-state index in [4.69, 9.17) is 21.1 Å². The first-order chi connectivity index (χ1) is 13.6. The van der Waals surface area contributed by atoms with Crippen molar-refractivity contribution in [2.75, 3.05) is 19.5 Å². The first-order valence-corrected chi connectivity index (χ1v) is 11.4. The molecule has 1 heterocycles. The Balaban J connectivity index is 1.53. The summed E-state index contributed by atoms with van der Waals surface area (Å²) in [5, 5.41) is 3.67. The lowest BCUT2D eigenvalue weighted by atomic mass is 9.48. The van der Waals surface area contributed by atoms with Crippen LogP contribution in [0.2, 0.25) is 4.47 Å². The van der Waals surface area contributed by atoms with Crippen molar-refractivity contribution in [1.29, 1.82) is 0 Å². The quantitative estimate of drug-likeness (QED) is 0.634. The molecule has 4 saturated carbocycles. The zero-order valence-electron chi connectivity index (χ0n) is 16.5. The molecule has 4 fully saturated rings. The minimum absolute atomic E-state index is 0.280. The number of nitrogens with one attached hydrogen (secondary N) is 1. The summed E-state index contributed by atoms with van der Waals surface area (Å²) < 4.78 is 11.9. The van der Waals surface area contributed by atoms with E-state index in [1.165, 1.54) is 61.1 Å². The highest BCUT2D eigenvalue weighted by Gasteiger charge is 2.52. The Morgan fingerprint density at radius 3 is 2.21 bits per heavy atom. The van der Waals surface area contributed by atoms with Crippen LogP contribution in [0, 0.1) is 17.8 Å². The lowest BCUT2D eigenvalue weighted by molar-refractivity contribution is -0.00496. The fourth-order valence-corrected chi connectivity index (χ4v) is 7.37. The smallest absolute Gasteiger partial charge is 0.183 e. The van der Waals surface area contributed by atoms with Crippen LogP contribution in [-0.4, -0.2) is 19.2 Å². The van der Waals surface area contributed by atoms with E-state index >= 15 is 0 Å². The zero-order valence-corrected chi connectivity index (χ0v) is 18.0. The van der Waals surface area contributed by atoms with Gasteiger partial charge in [-0.05, 0) is 73.3 Å². The van der Waals surface area contributed by atoms with Crippen LogP contribution < -0.4 is 14.8 Å². The number of rotatable bonds is 6. The van der Waals surface area contributed by atoms with Crippen molar-refractivity contribution < 1.29 is 9.47 Å². The van der Waals surface area contributed by atoms with Gasteiger partial charge in [0, 0.05) is 22.8 Å². The number of halogens is 1. The monoisotopic (exact) mass is 418 g/mol. The third-order valence-electron chi connectivity index (χ3n) is 7.11. The third kappa shape index (κ3) is 3.17. The van der Waals surface area contributed by atoms with Crippen LogP contribution in [0.4, 0.5) is 5.69 Å². The van der Waals surface area contributed by atoms with Crippen molar-refractivity contribution >= 4 is 28.6 Å². The first-order valence-electron chi connectivity index (χ1n) is 10.2. The average molecular weight is 419 g/mol. The van der Waals surface area contributed by atoms with E-state index in [1.807, 2.05) is 6.20 Å². The molecule has 1 aromatic heterocycles. The number of thiazole rings is 1. The van der Waals surface area contributed by atoms with Gasteiger partial charge in [-0.1, -0.05) is 11.6 Å². The number of benzene rings is 1. The van der Waals surface area contributed by atoms with E-state index in [1.54, 1.807) is 14.2 Å². The number of nitrogens with zero attached hydrogens (tertiary/aromatic N) is 1. The largest absolute Gasteiger partial charge is 0.493 e. The van der Waals surface area contributed by atoms with E-state index in [-0.39, 0.29) is 5.41 Å². The van der Waals surface area contributed by atoms with Gasteiger partial charge in [-0.2, -0.15) is 0 Å². The van der Waals surface area contributed by atoms with Crippen molar-refractivity contribution in [1.82, 2.24) is 4.98 Å². The molecule has 0 saturated heterocycles. The van der Waals surface area contributed by atoms with Crippen LogP contribution in [0.3, 0.4) is 0 Å². The number of methoxy groups -OCH3 is 2. The molecule has 0 spiro atoms. The highest BCUT2D eigenvalue weighted by molar-refractivity contribution is 7.15. The van der Waals surface area contributed by atoms with E-state index in [9.17, 15) is 0 Å². The van der Waals surface area contributed by atoms with Gasteiger partial charge >= 0.3 is 0 Å².